The van der Waals surface area contributed by atoms with Gasteiger partial charge in [-0.3, -0.25) is 14.4 Å². The van der Waals surface area contributed by atoms with Gasteiger partial charge in [-0.15, -0.1) is 0 Å². The van der Waals surface area contributed by atoms with Crippen LogP contribution in [0.5, 0.6) is 5.75 Å². The third kappa shape index (κ3) is 8.66. The molecule has 2 bridgehead atoms. The summed E-state index contributed by atoms with van der Waals surface area (Å²) >= 11 is 0. The van der Waals surface area contributed by atoms with Gasteiger partial charge in [-0.2, -0.15) is 4.39 Å². The van der Waals surface area contributed by atoms with Crippen molar-refractivity contribution in [2.24, 2.45) is 0 Å². The maximum atomic E-state index is 14.7. The van der Waals surface area contributed by atoms with Crippen molar-refractivity contribution in [2.45, 2.75) is 75.3 Å². The minimum atomic E-state index is -1.33. The molecule has 3 aromatic carbocycles. The highest BCUT2D eigenvalue weighted by Gasteiger charge is 2.44. The van der Waals surface area contributed by atoms with E-state index in [1.807, 2.05) is 64.4 Å². The second-order valence-electron chi connectivity index (χ2n) is 13.7. The molecule has 0 aromatic heterocycles. The number of carboxylic acid groups (broad SMARTS) is 1. The highest BCUT2D eigenvalue weighted by atomic mass is 19.2. The van der Waals surface area contributed by atoms with E-state index >= 15 is 0 Å². The number of rotatable bonds is 11. The van der Waals surface area contributed by atoms with Gasteiger partial charge in [-0.1, -0.05) is 54.6 Å². The number of benzene rings is 3. The molecule has 276 valence electrons. The minimum Gasteiger partial charge on any atom is -0.488 e. The van der Waals surface area contributed by atoms with E-state index in [-0.39, 0.29) is 43.0 Å². The Kier molecular flexibility index (Phi) is 11.9. The van der Waals surface area contributed by atoms with E-state index in [1.165, 1.54) is 0 Å². The van der Waals surface area contributed by atoms with Gasteiger partial charge in [0.2, 0.25) is 11.7 Å². The fourth-order valence-electron chi connectivity index (χ4n) is 7.32. The predicted molar refractivity (Wildman–Crippen MR) is 187 cm³/mol. The van der Waals surface area contributed by atoms with E-state index in [2.05, 4.69) is 10.6 Å². The average Bonchev–Trinajstić information content (AvgIpc) is 3.90. The molecule has 4 N–H and O–H groups in total. The molecular formula is C39H43F3N4O6. The lowest BCUT2D eigenvalue weighted by Crippen LogP contribution is -2.63. The van der Waals surface area contributed by atoms with Gasteiger partial charge in [0.05, 0.1) is 24.8 Å². The summed E-state index contributed by atoms with van der Waals surface area (Å²) in [5, 5.41) is 23.7. The third-order valence-corrected chi connectivity index (χ3v) is 9.96. The SMILES string of the molecule is O=C(C1C[C@@H](O)CN1)N1C[C@H]2CC(c3ccc(CCCOc4c(F)ccc(F)c4F)cc3)=C(C(=O)N(Cc3ccccc3)C3CC3)[C@@H](C1)N2.O=CO. The first-order valence-electron chi connectivity index (χ1n) is 17.6. The van der Waals surface area contributed by atoms with E-state index in [4.69, 9.17) is 14.6 Å². The lowest BCUT2D eigenvalue weighted by Gasteiger charge is -2.45. The van der Waals surface area contributed by atoms with Crippen molar-refractivity contribution >= 4 is 23.9 Å². The van der Waals surface area contributed by atoms with E-state index in [0.29, 0.717) is 57.4 Å². The number of fused-ring (bicyclic) bond motifs is 2. The van der Waals surface area contributed by atoms with Crippen LogP contribution in [0, 0.1) is 17.5 Å². The van der Waals surface area contributed by atoms with Gasteiger partial charge in [-0.25, -0.2) is 8.78 Å². The Hall–Kier alpha value is -4.72. The number of amides is 2. The molecule has 7 rings (SSSR count). The molecule has 0 spiro atoms. The van der Waals surface area contributed by atoms with E-state index in [9.17, 15) is 27.9 Å². The van der Waals surface area contributed by atoms with Crippen molar-refractivity contribution in [1.82, 2.24) is 20.4 Å². The van der Waals surface area contributed by atoms with Crippen molar-refractivity contribution in [2.75, 3.05) is 26.2 Å². The Balaban J connectivity index is 0.00000150. The highest BCUT2D eigenvalue weighted by Crippen LogP contribution is 2.38. The van der Waals surface area contributed by atoms with Crippen LogP contribution in [0.25, 0.3) is 5.57 Å². The smallest absolute Gasteiger partial charge is 0.290 e. The van der Waals surface area contributed by atoms with Gasteiger partial charge in [0.1, 0.15) is 0 Å². The van der Waals surface area contributed by atoms with Gasteiger partial charge in [0.25, 0.3) is 12.4 Å². The third-order valence-electron chi connectivity index (χ3n) is 9.96. The summed E-state index contributed by atoms with van der Waals surface area (Å²) in [6, 6.07) is 18.9. The Labute approximate surface area is 300 Å². The molecule has 3 aliphatic heterocycles. The monoisotopic (exact) mass is 720 g/mol. The van der Waals surface area contributed by atoms with E-state index in [1.54, 1.807) is 0 Å². The lowest BCUT2D eigenvalue weighted by molar-refractivity contribution is -0.136. The number of carbonyl (C=O) groups is 3. The largest absolute Gasteiger partial charge is 0.488 e. The number of carbonyl (C=O) groups excluding carboxylic acids is 2. The Bertz CT molecular complexity index is 1770. The fourth-order valence-corrected chi connectivity index (χ4v) is 7.32. The Morgan fingerprint density at radius 3 is 2.35 bits per heavy atom. The van der Waals surface area contributed by atoms with Gasteiger partial charge in [0, 0.05) is 43.8 Å². The predicted octanol–water partition coefficient (Wildman–Crippen LogP) is 4.06. The molecule has 3 aromatic rings. The number of hydrogen-bond acceptors (Lipinski definition) is 7. The van der Waals surface area contributed by atoms with E-state index < -0.39 is 35.3 Å². The van der Waals surface area contributed by atoms with Gasteiger partial charge < -0.3 is 35.4 Å². The summed E-state index contributed by atoms with van der Waals surface area (Å²) in [6.45, 7) is 1.54. The van der Waals surface area contributed by atoms with Crippen molar-refractivity contribution in [3.8, 4) is 5.75 Å². The summed E-state index contributed by atoms with van der Waals surface area (Å²) in [5.41, 5.74) is 4.66. The van der Waals surface area contributed by atoms with Crippen molar-refractivity contribution in [3.05, 3.63) is 106 Å². The number of aliphatic hydroxyl groups excluding tert-OH is 1. The number of halogens is 3. The second-order valence-corrected chi connectivity index (χ2v) is 13.7. The standard InChI is InChI=1S/C38H41F3N4O4.CH2O2/c39-30-14-15-31(40)36(35(30)41)49-16-4-7-23-8-10-25(11-9-23)29-17-26-21-44(37(47)32-18-28(46)19-42-32)22-33(43-26)34(29)38(48)45(27-12-13-27)20-24-5-2-1-3-6-24;2-1-3/h1-3,5-6,8-11,14-15,26-28,32-33,42-43,46H,4,7,12-13,16-22H2;1H,(H,2,3)/t26-,28-,32?,33-;/m1./s1. The van der Waals surface area contributed by atoms with Gasteiger partial charge >= 0.3 is 0 Å². The van der Waals surface area contributed by atoms with Crippen LogP contribution in [0.3, 0.4) is 0 Å². The number of ether oxygens (including phenoxy) is 1. The first kappa shape index (κ1) is 37.1. The zero-order valence-electron chi connectivity index (χ0n) is 28.6. The van der Waals surface area contributed by atoms with Crippen LogP contribution >= 0.6 is 0 Å². The van der Waals surface area contributed by atoms with Crippen LogP contribution < -0.4 is 15.4 Å². The molecule has 4 atom stereocenters. The molecule has 1 unspecified atom stereocenters. The quantitative estimate of drug-likeness (QED) is 0.133. The Morgan fingerprint density at radius 2 is 1.67 bits per heavy atom. The molecule has 2 saturated heterocycles. The molecule has 3 heterocycles. The molecule has 10 nitrogen and oxygen atoms in total. The number of nitrogens with zero attached hydrogens (tertiary/aromatic N) is 2. The second kappa shape index (κ2) is 16.7. The van der Waals surface area contributed by atoms with Gasteiger partial charge in [0.15, 0.2) is 17.4 Å². The lowest BCUT2D eigenvalue weighted by atomic mass is 9.82. The topological polar surface area (TPSA) is 131 Å². The van der Waals surface area contributed by atoms with Crippen molar-refractivity contribution in [1.29, 1.82) is 0 Å². The van der Waals surface area contributed by atoms with Crippen molar-refractivity contribution < 1.29 is 42.5 Å². The summed E-state index contributed by atoms with van der Waals surface area (Å²) in [7, 11) is 0. The summed E-state index contributed by atoms with van der Waals surface area (Å²) in [5.74, 6) is -4.20. The maximum absolute atomic E-state index is 14.7. The normalized spacial score (nSPS) is 22.3. The minimum absolute atomic E-state index is 0.0147. The molecule has 2 amide bonds. The molecular weight excluding hydrogens is 677 g/mol. The Morgan fingerprint density at radius 1 is 0.962 bits per heavy atom. The molecule has 4 aliphatic rings. The zero-order valence-corrected chi connectivity index (χ0v) is 28.6. The summed E-state index contributed by atoms with van der Waals surface area (Å²) in [4.78, 5) is 40.4. The molecule has 1 aliphatic carbocycles. The number of aliphatic hydroxyl groups is 1. The van der Waals surface area contributed by atoms with Crippen LogP contribution in [-0.2, 0) is 27.3 Å². The maximum Gasteiger partial charge on any atom is 0.290 e. The number of piperazine rings is 1. The fraction of sp³-hybridized carbons (Fsp3) is 0.410. The highest BCUT2D eigenvalue weighted by molar-refractivity contribution is 6.03. The first-order chi connectivity index (χ1) is 25.2. The number of aryl methyl sites for hydroxylation is 1. The van der Waals surface area contributed by atoms with Crippen LogP contribution in [0.15, 0.2) is 72.3 Å². The van der Waals surface area contributed by atoms with Crippen LogP contribution in [0.2, 0.25) is 0 Å². The van der Waals surface area contributed by atoms with Crippen molar-refractivity contribution in [3.63, 3.8) is 0 Å². The molecule has 52 heavy (non-hydrogen) atoms. The summed E-state index contributed by atoms with van der Waals surface area (Å²) < 4.78 is 46.6. The zero-order chi connectivity index (χ0) is 36.8. The average molecular weight is 721 g/mol. The molecule has 13 heteroatoms. The number of nitrogens with one attached hydrogen (secondary N) is 2. The first-order valence-corrected chi connectivity index (χ1v) is 17.6. The molecule has 3 fully saturated rings. The molecule has 1 saturated carbocycles. The number of hydrogen-bond donors (Lipinski definition) is 4. The molecule has 0 radical (unpaired) electrons. The van der Waals surface area contributed by atoms with Crippen LogP contribution in [0.1, 0.15) is 48.8 Å². The number of β-amino-alcohol motifs (C(OH)–C–C–N with tert-alkyl or cyclic N) is 1. The van der Waals surface area contributed by atoms with Gasteiger partial charge in [-0.05, 0) is 72.9 Å². The van der Waals surface area contributed by atoms with Crippen LogP contribution in [0.4, 0.5) is 13.2 Å². The van der Waals surface area contributed by atoms with Crippen LogP contribution in [-0.4, -0.2) is 94.8 Å². The van der Waals surface area contributed by atoms with E-state index in [0.717, 1.165) is 47.2 Å². The summed E-state index contributed by atoms with van der Waals surface area (Å²) in [6.07, 6.45) is 3.36.